The van der Waals surface area contributed by atoms with Gasteiger partial charge >= 0.3 is 5.97 Å². The summed E-state index contributed by atoms with van der Waals surface area (Å²) in [5.41, 5.74) is 3.57. The number of allylic oxidation sites excluding steroid dienone is 2. The number of ether oxygens (including phenoxy) is 2. The van der Waals surface area contributed by atoms with Gasteiger partial charge in [-0.3, -0.25) is 0 Å². The Morgan fingerprint density at radius 1 is 1.14 bits per heavy atom. The van der Waals surface area contributed by atoms with Crippen LogP contribution in [0.1, 0.15) is 35.3 Å². The summed E-state index contributed by atoms with van der Waals surface area (Å²) >= 11 is 0. The molecule has 0 atom stereocenters. The molecule has 2 aromatic rings. The third kappa shape index (κ3) is 3.76. The van der Waals surface area contributed by atoms with Crippen molar-refractivity contribution in [3.05, 3.63) is 71.3 Å². The molecule has 2 aromatic carbocycles. The summed E-state index contributed by atoms with van der Waals surface area (Å²) in [5, 5.41) is 0. The van der Waals surface area contributed by atoms with Crippen LogP contribution in [-0.2, 0) is 11.3 Å². The predicted molar refractivity (Wildman–Crippen MR) is 87.9 cm³/mol. The van der Waals surface area contributed by atoms with Gasteiger partial charge in [-0.05, 0) is 43.2 Å². The molecular weight excluding hydrogens is 276 g/mol. The minimum Gasteiger partial charge on any atom is -0.488 e. The third-order valence-electron chi connectivity index (χ3n) is 3.50. The Morgan fingerprint density at radius 2 is 1.86 bits per heavy atom. The van der Waals surface area contributed by atoms with Gasteiger partial charge in [0.05, 0.1) is 12.7 Å². The first-order chi connectivity index (χ1) is 10.7. The quantitative estimate of drug-likeness (QED) is 0.763. The maximum Gasteiger partial charge on any atom is 0.337 e. The summed E-state index contributed by atoms with van der Waals surface area (Å²) in [4.78, 5) is 11.7. The highest BCUT2D eigenvalue weighted by atomic mass is 16.5. The minimum atomic E-state index is -0.347. The second-order valence-corrected chi connectivity index (χ2v) is 4.95. The van der Waals surface area contributed by atoms with E-state index in [1.807, 2.05) is 62.4 Å². The zero-order valence-electron chi connectivity index (χ0n) is 13.1. The lowest BCUT2D eigenvalue weighted by Crippen LogP contribution is -2.04. The van der Waals surface area contributed by atoms with E-state index in [0.717, 1.165) is 22.4 Å². The zero-order valence-corrected chi connectivity index (χ0v) is 13.1. The van der Waals surface area contributed by atoms with E-state index < -0.39 is 0 Å². The second kappa shape index (κ2) is 7.46. The van der Waals surface area contributed by atoms with Crippen LogP contribution >= 0.6 is 0 Å². The Hall–Kier alpha value is -2.55. The van der Waals surface area contributed by atoms with Gasteiger partial charge in [0, 0.05) is 5.56 Å². The molecule has 0 amide bonds. The Balaban J connectivity index is 2.28. The lowest BCUT2D eigenvalue weighted by atomic mass is 10.0. The molecule has 0 N–H and O–H groups in total. The van der Waals surface area contributed by atoms with E-state index in [4.69, 9.17) is 9.47 Å². The first kappa shape index (κ1) is 15.8. The summed E-state index contributed by atoms with van der Waals surface area (Å²) < 4.78 is 10.7. The SMILES string of the molecule is CC=C(C)c1cc(C(=O)OC)ccc1OCc1ccccc1. The zero-order chi connectivity index (χ0) is 15.9. The molecule has 0 unspecified atom stereocenters. The molecular formula is C19H20O3. The molecule has 0 radical (unpaired) electrons. The van der Waals surface area contributed by atoms with Crippen molar-refractivity contribution in [3.63, 3.8) is 0 Å². The van der Waals surface area contributed by atoms with Crippen molar-refractivity contribution in [2.75, 3.05) is 7.11 Å². The number of rotatable bonds is 5. The standard InChI is InChI=1S/C19H20O3/c1-4-14(2)17-12-16(19(20)21-3)10-11-18(17)22-13-15-8-6-5-7-9-15/h4-12H,13H2,1-3H3. The minimum absolute atomic E-state index is 0.347. The molecule has 0 aromatic heterocycles. The number of carbonyl (C=O) groups is 1. The molecule has 3 heteroatoms. The Labute approximate surface area is 131 Å². The smallest absolute Gasteiger partial charge is 0.337 e. The first-order valence-corrected chi connectivity index (χ1v) is 7.18. The topological polar surface area (TPSA) is 35.5 Å². The normalized spacial score (nSPS) is 11.1. The Morgan fingerprint density at radius 3 is 2.50 bits per heavy atom. The average molecular weight is 296 g/mol. The number of hydrogen-bond acceptors (Lipinski definition) is 3. The number of methoxy groups -OCH3 is 1. The van der Waals surface area contributed by atoms with Gasteiger partial charge in [-0.15, -0.1) is 0 Å². The van der Waals surface area contributed by atoms with Crippen LogP contribution in [0.15, 0.2) is 54.6 Å². The van der Waals surface area contributed by atoms with Gasteiger partial charge in [-0.1, -0.05) is 36.4 Å². The van der Waals surface area contributed by atoms with Gasteiger partial charge in [-0.25, -0.2) is 4.79 Å². The highest BCUT2D eigenvalue weighted by molar-refractivity contribution is 5.91. The maximum absolute atomic E-state index is 11.7. The molecule has 0 saturated heterocycles. The molecule has 3 nitrogen and oxygen atoms in total. The van der Waals surface area contributed by atoms with Gasteiger partial charge < -0.3 is 9.47 Å². The van der Waals surface area contributed by atoms with Gasteiger partial charge in [0.2, 0.25) is 0 Å². The summed E-state index contributed by atoms with van der Waals surface area (Å²) in [7, 11) is 1.38. The van der Waals surface area contributed by atoms with Gasteiger partial charge in [-0.2, -0.15) is 0 Å². The van der Waals surface area contributed by atoms with Gasteiger partial charge in [0.25, 0.3) is 0 Å². The van der Waals surface area contributed by atoms with Crippen molar-refractivity contribution in [1.29, 1.82) is 0 Å². The van der Waals surface area contributed by atoms with E-state index in [1.165, 1.54) is 7.11 Å². The fourth-order valence-corrected chi connectivity index (χ4v) is 2.10. The monoisotopic (exact) mass is 296 g/mol. The molecule has 0 bridgehead atoms. The molecule has 2 rings (SSSR count). The van der Waals surface area contributed by atoms with Crippen molar-refractivity contribution in [2.24, 2.45) is 0 Å². The highest BCUT2D eigenvalue weighted by Gasteiger charge is 2.12. The predicted octanol–water partition coefficient (Wildman–Crippen LogP) is 4.48. The maximum atomic E-state index is 11.7. The van der Waals surface area contributed by atoms with E-state index in [9.17, 15) is 4.79 Å². The van der Waals surface area contributed by atoms with Crippen molar-refractivity contribution >= 4 is 11.5 Å². The molecule has 0 saturated carbocycles. The summed E-state index contributed by atoms with van der Waals surface area (Å²) in [6.45, 7) is 4.44. The highest BCUT2D eigenvalue weighted by Crippen LogP contribution is 2.28. The molecule has 0 aliphatic carbocycles. The largest absolute Gasteiger partial charge is 0.488 e. The fraction of sp³-hybridized carbons (Fsp3) is 0.211. The van der Waals surface area contributed by atoms with E-state index in [1.54, 1.807) is 6.07 Å². The van der Waals surface area contributed by atoms with Crippen LogP contribution in [0, 0.1) is 0 Å². The number of esters is 1. The molecule has 0 aliphatic heterocycles. The van der Waals surface area contributed by atoms with Crippen LogP contribution in [0.25, 0.3) is 5.57 Å². The van der Waals surface area contributed by atoms with Gasteiger partial charge in [0.15, 0.2) is 0 Å². The first-order valence-electron chi connectivity index (χ1n) is 7.18. The Bertz CT molecular complexity index is 672. The fourth-order valence-electron chi connectivity index (χ4n) is 2.10. The van der Waals surface area contributed by atoms with E-state index in [2.05, 4.69) is 0 Å². The summed E-state index contributed by atoms with van der Waals surface area (Å²) in [6, 6.07) is 15.3. The molecule has 0 spiro atoms. The van der Waals surface area contributed by atoms with Crippen molar-refractivity contribution < 1.29 is 14.3 Å². The van der Waals surface area contributed by atoms with Crippen LogP contribution in [0.2, 0.25) is 0 Å². The van der Waals surface area contributed by atoms with Crippen LogP contribution < -0.4 is 4.74 Å². The van der Waals surface area contributed by atoms with E-state index >= 15 is 0 Å². The van der Waals surface area contributed by atoms with Crippen LogP contribution in [0.3, 0.4) is 0 Å². The van der Waals surface area contributed by atoms with Crippen molar-refractivity contribution in [3.8, 4) is 5.75 Å². The third-order valence-corrected chi connectivity index (χ3v) is 3.50. The number of hydrogen-bond donors (Lipinski definition) is 0. The Kier molecular flexibility index (Phi) is 5.37. The molecule has 114 valence electrons. The lowest BCUT2D eigenvalue weighted by molar-refractivity contribution is 0.0600. The van der Waals surface area contributed by atoms with Crippen molar-refractivity contribution in [1.82, 2.24) is 0 Å². The molecule has 22 heavy (non-hydrogen) atoms. The summed E-state index contributed by atoms with van der Waals surface area (Å²) in [5.74, 6) is 0.409. The number of carbonyl (C=O) groups excluding carboxylic acids is 1. The van der Waals surface area contributed by atoms with Crippen LogP contribution in [-0.4, -0.2) is 13.1 Å². The van der Waals surface area contributed by atoms with Crippen LogP contribution in [0.5, 0.6) is 5.75 Å². The average Bonchev–Trinajstić information content (AvgIpc) is 2.59. The lowest BCUT2D eigenvalue weighted by Gasteiger charge is -2.13. The van der Waals surface area contributed by atoms with E-state index in [-0.39, 0.29) is 5.97 Å². The molecule has 0 aliphatic rings. The number of benzene rings is 2. The summed E-state index contributed by atoms with van der Waals surface area (Å²) in [6.07, 6.45) is 1.99. The molecule has 0 fully saturated rings. The van der Waals surface area contributed by atoms with Crippen molar-refractivity contribution in [2.45, 2.75) is 20.5 Å². The second-order valence-electron chi connectivity index (χ2n) is 4.95. The van der Waals surface area contributed by atoms with E-state index in [0.29, 0.717) is 12.2 Å². The van der Waals surface area contributed by atoms with Crippen LogP contribution in [0.4, 0.5) is 0 Å². The van der Waals surface area contributed by atoms with Gasteiger partial charge in [0.1, 0.15) is 12.4 Å². The molecule has 0 heterocycles.